The summed E-state index contributed by atoms with van der Waals surface area (Å²) >= 11 is 0. The van der Waals surface area contributed by atoms with Gasteiger partial charge in [-0.3, -0.25) is 5.01 Å². The van der Waals surface area contributed by atoms with Gasteiger partial charge in [-0.15, -0.1) is 0 Å². The third-order valence-electron chi connectivity index (χ3n) is 3.52. The Morgan fingerprint density at radius 3 is 2.41 bits per heavy atom. The minimum atomic E-state index is 0.657. The second-order valence-electron chi connectivity index (χ2n) is 5.14. The summed E-state index contributed by atoms with van der Waals surface area (Å²) in [5.41, 5.74) is 4.13. The number of benzene rings is 2. The van der Waals surface area contributed by atoms with E-state index in [0.717, 1.165) is 12.2 Å². The van der Waals surface area contributed by atoms with Crippen LogP contribution >= 0.6 is 0 Å². The van der Waals surface area contributed by atoms with Gasteiger partial charge in [-0.05, 0) is 36.8 Å². The molecule has 2 aromatic carbocycles. The standard InChI is InChI=1S/C18H16N4/c1-15-2-4-17(5-3-15)13-22(21-11-10-20-14-21)18-8-6-16(12-19)7-9-18/h2-11,14H,13H2,1H3. The molecular formula is C18H16N4. The second-order valence-corrected chi connectivity index (χ2v) is 5.14. The van der Waals surface area contributed by atoms with Gasteiger partial charge in [0.05, 0.1) is 23.9 Å². The lowest BCUT2D eigenvalue weighted by Crippen LogP contribution is -2.27. The van der Waals surface area contributed by atoms with Gasteiger partial charge in [0.25, 0.3) is 0 Å². The predicted molar refractivity (Wildman–Crippen MR) is 86.1 cm³/mol. The van der Waals surface area contributed by atoms with Crippen molar-refractivity contribution in [2.45, 2.75) is 13.5 Å². The fraction of sp³-hybridized carbons (Fsp3) is 0.111. The van der Waals surface area contributed by atoms with Crippen molar-refractivity contribution < 1.29 is 0 Å². The SMILES string of the molecule is Cc1ccc(CN(c2ccc(C#N)cc2)n2ccnc2)cc1. The Kier molecular flexibility index (Phi) is 3.88. The topological polar surface area (TPSA) is 44.9 Å². The molecule has 0 N–H and O–H groups in total. The normalized spacial score (nSPS) is 10.2. The Hall–Kier alpha value is -3.06. The summed E-state index contributed by atoms with van der Waals surface area (Å²) in [5.74, 6) is 0. The Balaban J connectivity index is 1.93. The maximum Gasteiger partial charge on any atom is 0.114 e. The van der Waals surface area contributed by atoms with Crippen LogP contribution in [0.2, 0.25) is 0 Å². The molecular weight excluding hydrogens is 272 g/mol. The van der Waals surface area contributed by atoms with Crippen LogP contribution < -0.4 is 5.01 Å². The highest BCUT2D eigenvalue weighted by atomic mass is 15.5. The predicted octanol–water partition coefficient (Wildman–Crippen LogP) is 3.53. The lowest BCUT2D eigenvalue weighted by Gasteiger charge is -2.25. The molecule has 22 heavy (non-hydrogen) atoms. The van der Waals surface area contributed by atoms with Gasteiger partial charge in [0, 0.05) is 12.4 Å². The van der Waals surface area contributed by atoms with Crippen LogP contribution in [0.1, 0.15) is 16.7 Å². The molecule has 1 aromatic heterocycles. The molecule has 3 rings (SSSR count). The fourth-order valence-electron chi connectivity index (χ4n) is 2.28. The number of nitrogens with zero attached hydrogens (tertiary/aromatic N) is 4. The molecule has 0 aliphatic heterocycles. The lowest BCUT2D eigenvalue weighted by molar-refractivity contribution is 0.688. The number of nitriles is 1. The van der Waals surface area contributed by atoms with Crippen LogP contribution in [0.15, 0.2) is 67.3 Å². The fourth-order valence-corrected chi connectivity index (χ4v) is 2.28. The molecule has 0 saturated carbocycles. The Bertz CT molecular complexity index is 765. The van der Waals surface area contributed by atoms with E-state index in [1.807, 2.05) is 35.1 Å². The molecule has 0 atom stereocenters. The second kappa shape index (κ2) is 6.15. The van der Waals surface area contributed by atoms with Crippen LogP contribution in [0.25, 0.3) is 0 Å². The van der Waals surface area contributed by atoms with E-state index in [-0.39, 0.29) is 0 Å². The van der Waals surface area contributed by atoms with E-state index in [0.29, 0.717) is 5.56 Å². The zero-order valence-corrected chi connectivity index (χ0v) is 12.3. The Morgan fingerprint density at radius 1 is 1.09 bits per heavy atom. The van der Waals surface area contributed by atoms with E-state index in [1.54, 1.807) is 12.5 Å². The maximum absolute atomic E-state index is 8.93. The van der Waals surface area contributed by atoms with E-state index in [9.17, 15) is 0 Å². The molecule has 0 amide bonds. The number of rotatable bonds is 4. The third-order valence-corrected chi connectivity index (χ3v) is 3.52. The minimum absolute atomic E-state index is 0.657. The molecule has 4 nitrogen and oxygen atoms in total. The smallest absolute Gasteiger partial charge is 0.114 e. The van der Waals surface area contributed by atoms with E-state index in [1.165, 1.54) is 11.1 Å². The molecule has 4 heteroatoms. The van der Waals surface area contributed by atoms with Gasteiger partial charge in [-0.2, -0.15) is 5.26 Å². The van der Waals surface area contributed by atoms with Gasteiger partial charge in [0.1, 0.15) is 6.33 Å². The maximum atomic E-state index is 8.93. The van der Waals surface area contributed by atoms with Gasteiger partial charge >= 0.3 is 0 Å². The van der Waals surface area contributed by atoms with Crippen molar-refractivity contribution in [2.75, 3.05) is 5.01 Å². The van der Waals surface area contributed by atoms with Crippen molar-refractivity contribution in [2.24, 2.45) is 0 Å². The van der Waals surface area contributed by atoms with Crippen molar-refractivity contribution >= 4 is 5.69 Å². The molecule has 0 radical (unpaired) electrons. The van der Waals surface area contributed by atoms with Crippen LogP contribution in [0.3, 0.4) is 0 Å². The highest BCUT2D eigenvalue weighted by Crippen LogP contribution is 2.19. The highest BCUT2D eigenvalue weighted by molar-refractivity contribution is 5.49. The average Bonchev–Trinajstić information content (AvgIpc) is 3.09. The van der Waals surface area contributed by atoms with E-state index in [2.05, 4.69) is 47.3 Å². The van der Waals surface area contributed by atoms with Gasteiger partial charge in [-0.25, -0.2) is 9.66 Å². The summed E-state index contributed by atoms with van der Waals surface area (Å²) in [6.07, 6.45) is 5.44. The first kappa shape index (κ1) is 13.9. The number of aromatic nitrogens is 2. The third kappa shape index (κ3) is 2.99. The van der Waals surface area contributed by atoms with Gasteiger partial charge < -0.3 is 0 Å². The zero-order chi connectivity index (χ0) is 15.4. The molecule has 3 aromatic rings. The molecule has 0 spiro atoms. The number of anilines is 1. The summed E-state index contributed by atoms with van der Waals surface area (Å²) in [6.45, 7) is 2.81. The summed E-state index contributed by atoms with van der Waals surface area (Å²) in [5, 5.41) is 11.0. The number of hydrogen-bond donors (Lipinski definition) is 0. The van der Waals surface area contributed by atoms with Crippen molar-refractivity contribution in [3.63, 3.8) is 0 Å². The Morgan fingerprint density at radius 2 is 1.82 bits per heavy atom. The lowest BCUT2D eigenvalue weighted by atomic mass is 10.1. The van der Waals surface area contributed by atoms with E-state index in [4.69, 9.17) is 5.26 Å². The van der Waals surface area contributed by atoms with Crippen LogP contribution in [-0.2, 0) is 6.54 Å². The van der Waals surface area contributed by atoms with Crippen LogP contribution in [0, 0.1) is 18.3 Å². The number of hydrogen-bond acceptors (Lipinski definition) is 3. The average molecular weight is 288 g/mol. The van der Waals surface area contributed by atoms with Crippen LogP contribution in [0.4, 0.5) is 5.69 Å². The van der Waals surface area contributed by atoms with Crippen molar-refractivity contribution in [1.29, 1.82) is 5.26 Å². The molecule has 1 heterocycles. The number of aryl methyl sites for hydroxylation is 1. The van der Waals surface area contributed by atoms with E-state index < -0.39 is 0 Å². The van der Waals surface area contributed by atoms with Gasteiger partial charge in [0.15, 0.2) is 0 Å². The first-order valence-electron chi connectivity index (χ1n) is 7.08. The summed E-state index contributed by atoms with van der Waals surface area (Å²) in [4.78, 5) is 4.13. The first-order valence-corrected chi connectivity index (χ1v) is 7.08. The zero-order valence-electron chi connectivity index (χ0n) is 12.3. The Labute approximate surface area is 129 Å². The summed E-state index contributed by atoms with van der Waals surface area (Å²) in [7, 11) is 0. The monoisotopic (exact) mass is 288 g/mol. The van der Waals surface area contributed by atoms with Crippen LogP contribution in [-0.4, -0.2) is 9.66 Å². The summed E-state index contributed by atoms with van der Waals surface area (Å²) in [6, 6.07) is 18.2. The van der Waals surface area contributed by atoms with Gasteiger partial charge in [0.2, 0.25) is 0 Å². The first-order chi connectivity index (χ1) is 10.8. The van der Waals surface area contributed by atoms with Crippen molar-refractivity contribution in [1.82, 2.24) is 9.66 Å². The van der Waals surface area contributed by atoms with Gasteiger partial charge in [-0.1, -0.05) is 29.8 Å². The van der Waals surface area contributed by atoms with Crippen LogP contribution in [0.5, 0.6) is 0 Å². The van der Waals surface area contributed by atoms with E-state index >= 15 is 0 Å². The quantitative estimate of drug-likeness (QED) is 0.737. The molecule has 108 valence electrons. The largest absolute Gasteiger partial charge is 0.276 e. The van der Waals surface area contributed by atoms with Crippen molar-refractivity contribution in [3.8, 4) is 6.07 Å². The molecule has 0 aliphatic carbocycles. The number of imidazole rings is 1. The molecule has 0 fully saturated rings. The molecule has 0 aliphatic rings. The summed E-state index contributed by atoms with van der Waals surface area (Å²) < 4.78 is 1.95. The molecule has 0 unspecified atom stereocenters. The highest BCUT2D eigenvalue weighted by Gasteiger charge is 2.09. The molecule has 0 bridgehead atoms. The molecule has 0 saturated heterocycles. The van der Waals surface area contributed by atoms with Crippen molar-refractivity contribution in [3.05, 3.63) is 83.9 Å². The minimum Gasteiger partial charge on any atom is -0.276 e.